The number of pyridine rings is 1. The molecule has 0 spiro atoms. The predicted molar refractivity (Wildman–Crippen MR) is 69.9 cm³/mol. The molecule has 0 unspecified atom stereocenters. The third-order valence-electron chi connectivity index (χ3n) is 2.94. The van der Waals surface area contributed by atoms with Crippen LogP contribution in [0.15, 0.2) is 23.3 Å². The molecule has 0 saturated carbocycles. The fraction of sp³-hybridized carbons (Fsp3) is 0.538. The zero-order valence-electron chi connectivity index (χ0n) is 10.7. The van der Waals surface area contributed by atoms with E-state index in [4.69, 9.17) is 0 Å². The topological polar surface area (TPSA) is 49.3 Å². The van der Waals surface area contributed by atoms with E-state index in [-0.39, 0.29) is 5.41 Å². The summed E-state index contributed by atoms with van der Waals surface area (Å²) in [6.45, 7) is 9.04. The Kier molecular flexibility index (Phi) is 3.31. The molecule has 1 aliphatic heterocycles. The lowest BCUT2D eigenvalue weighted by molar-refractivity contribution is 0.358. The SMILES string of the molecule is Cc1cccnc1CNC1=NCC(C)(C)CN1. The molecule has 0 aliphatic carbocycles. The molecule has 2 N–H and O–H groups in total. The van der Waals surface area contributed by atoms with Crippen molar-refractivity contribution in [1.82, 2.24) is 15.6 Å². The molecule has 2 heterocycles. The highest BCUT2D eigenvalue weighted by atomic mass is 15.2. The van der Waals surface area contributed by atoms with E-state index in [2.05, 4.69) is 47.4 Å². The van der Waals surface area contributed by atoms with Crippen LogP contribution in [0.2, 0.25) is 0 Å². The monoisotopic (exact) mass is 232 g/mol. The van der Waals surface area contributed by atoms with Gasteiger partial charge in [0.15, 0.2) is 5.96 Å². The smallest absolute Gasteiger partial charge is 0.191 e. The summed E-state index contributed by atoms with van der Waals surface area (Å²) in [7, 11) is 0. The molecule has 0 bridgehead atoms. The van der Waals surface area contributed by atoms with Crippen LogP contribution in [-0.2, 0) is 6.54 Å². The van der Waals surface area contributed by atoms with Crippen LogP contribution in [0.5, 0.6) is 0 Å². The van der Waals surface area contributed by atoms with Crippen molar-refractivity contribution in [3.63, 3.8) is 0 Å². The molecule has 1 aromatic heterocycles. The van der Waals surface area contributed by atoms with Crippen molar-refractivity contribution < 1.29 is 0 Å². The molecule has 2 rings (SSSR count). The Morgan fingerprint density at radius 3 is 2.94 bits per heavy atom. The Balaban J connectivity index is 1.92. The van der Waals surface area contributed by atoms with Gasteiger partial charge >= 0.3 is 0 Å². The molecule has 1 aromatic rings. The molecule has 1 aliphatic rings. The van der Waals surface area contributed by atoms with E-state index in [0.29, 0.717) is 0 Å². The Bertz CT molecular complexity index is 423. The summed E-state index contributed by atoms with van der Waals surface area (Å²) < 4.78 is 0. The van der Waals surface area contributed by atoms with E-state index < -0.39 is 0 Å². The highest BCUT2D eigenvalue weighted by molar-refractivity contribution is 5.80. The van der Waals surface area contributed by atoms with Gasteiger partial charge in [0.25, 0.3) is 0 Å². The number of nitrogens with zero attached hydrogens (tertiary/aromatic N) is 2. The first kappa shape index (κ1) is 11.9. The first-order chi connectivity index (χ1) is 8.07. The molecular weight excluding hydrogens is 212 g/mol. The van der Waals surface area contributed by atoms with Gasteiger partial charge in [-0.05, 0) is 18.6 Å². The Morgan fingerprint density at radius 2 is 2.29 bits per heavy atom. The molecule has 0 fully saturated rings. The maximum Gasteiger partial charge on any atom is 0.191 e. The number of nitrogens with one attached hydrogen (secondary N) is 2. The van der Waals surface area contributed by atoms with Gasteiger partial charge in [-0.2, -0.15) is 0 Å². The summed E-state index contributed by atoms with van der Waals surface area (Å²) >= 11 is 0. The van der Waals surface area contributed by atoms with Crippen LogP contribution in [0.4, 0.5) is 0 Å². The highest BCUT2D eigenvalue weighted by Crippen LogP contribution is 2.16. The van der Waals surface area contributed by atoms with Crippen molar-refractivity contribution in [3.8, 4) is 0 Å². The second kappa shape index (κ2) is 4.73. The average molecular weight is 232 g/mol. The van der Waals surface area contributed by atoms with E-state index >= 15 is 0 Å². The second-order valence-electron chi connectivity index (χ2n) is 5.30. The van der Waals surface area contributed by atoms with Gasteiger partial charge < -0.3 is 10.6 Å². The molecule has 0 radical (unpaired) electrons. The van der Waals surface area contributed by atoms with Crippen molar-refractivity contribution in [1.29, 1.82) is 0 Å². The quantitative estimate of drug-likeness (QED) is 0.811. The lowest BCUT2D eigenvalue weighted by atomic mass is 9.93. The zero-order valence-corrected chi connectivity index (χ0v) is 10.7. The lowest BCUT2D eigenvalue weighted by Gasteiger charge is -2.29. The van der Waals surface area contributed by atoms with E-state index in [1.807, 2.05) is 12.3 Å². The van der Waals surface area contributed by atoms with Gasteiger partial charge in [-0.25, -0.2) is 0 Å². The number of aromatic nitrogens is 1. The minimum Gasteiger partial charge on any atom is -0.356 e. The van der Waals surface area contributed by atoms with Gasteiger partial charge in [0, 0.05) is 24.7 Å². The summed E-state index contributed by atoms with van der Waals surface area (Å²) in [5.41, 5.74) is 2.53. The minimum absolute atomic E-state index is 0.256. The van der Waals surface area contributed by atoms with Crippen LogP contribution in [0.3, 0.4) is 0 Å². The van der Waals surface area contributed by atoms with Crippen LogP contribution in [0.1, 0.15) is 25.1 Å². The van der Waals surface area contributed by atoms with Crippen LogP contribution < -0.4 is 10.6 Å². The molecule has 92 valence electrons. The Hall–Kier alpha value is -1.58. The molecular formula is C13H20N4. The van der Waals surface area contributed by atoms with Crippen molar-refractivity contribution >= 4 is 5.96 Å². The fourth-order valence-corrected chi connectivity index (χ4v) is 1.72. The van der Waals surface area contributed by atoms with Gasteiger partial charge in [-0.3, -0.25) is 9.98 Å². The normalized spacial score (nSPS) is 18.2. The van der Waals surface area contributed by atoms with Crippen LogP contribution in [-0.4, -0.2) is 24.0 Å². The molecule has 0 atom stereocenters. The third-order valence-corrected chi connectivity index (χ3v) is 2.94. The van der Waals surface area contributed by atoms with Crippen molar-refractivity contribution in [2.45, 2.75) is 27.3 Å². The van der Waals surface area contributed by atoms with Gasteiger partial charge in [0.1, 0.15) is 0 Å². The van der Waals surface area contributed by atoms with E-state index in [1.54, 1.807) is 0 Å². The van der Waals surface area contributed by atoms with Gasteiger partial charge in [-0.1, -0.05) is 19.9 Å². The first-order valence-electron chi connectivity index (χ1n) is 5.99. The molecule has 17 heavy (non-hydrogen) atoms. The summed E-state index contributed by atoms with van der Waals surface area (Å²) in [5.74, 6) is 0.884. The largest absolute Gasteiger partial charge is 0.356 e. The lowest BCUT2D eigenvalue weighted by Crippen LogP contribution is -2.47. The first-order valence-corrected chi connectivity index (χ1v) is 5.99. The Morgan fingerprint density at radius 1 is 1.47 bits per heavy atom. The molecule has 0 aromatic carbocycles. The highest BCUT2D eigenvalue weighted by Gasteiger charge is 2.21. The maximum absolute atomic E-state index is 4.49. The van der Waals surface area contributed by atoms with Crippen molar-refractivity contribution in [2.24, 2.45) is 10.4 Å². The van der Waals surface area contributed by atoms with Crippen LogP contribution in [0, 0.1) is 12.3 Å². The van der Waals surface area contributed by atoms with Crippen LogP contribution in [0.25, 0.3) is 0 Å². The standard InChI is InChI=1S/C13H20N4/c1-10-5-4-6-14-11(10)7-15-12-16-8-13(2,3)9-17-12/h4-6H,7-9H2,1-3H3,(H2,15,16,17). The number of hydrogen-bond donors (Lipinski definition) is 2. The number of hydrogen-bond acceptors (Lipinski definition) is 4. The number of aryl methyl sites for hydroxylation is 1. The summed E-state index contributed by atoms with van der Waals surface area (Å²) in [5, 5.41) is 6.60. The number of aliphatic imine (C=N–C) groups is 1. The molecule has 4 heteroatoms. The van der Waals surface area contributed by atoms with Crippen LogP contribution >= 0.6 is 0 Å². The second-order valence-corrected chi connectivity index (χ2v) is 5.30. The Labute approximate surface area is 103 Å². The average Bonchev–Trinajstić information content (AvgIpc) is 2.30. The molecule has 4 nitrogen and oxygen atoms in total. The molecule has 0 saturated heterocycles. The van der Waals surface area contributed by atoms with Crippen molar-refractivity contribution in [2.75, 3.05) is 13.1 Å². The summed E-state index contributed by atoms with van der Waals surface area (Å²) in [4.78, 5) is 8.84. The minimum atomic E-state index is 0.256. The van der Waals surface area contributed by atoms with E-state index in [1.165, 1.54) is 5.56 Å². The molecule has 0 amide bonds. The third kappa shape index (κ3) is 3.19. The fourth-order valence-electron chi connectivity index (χ4n) is 1.72. The maximum atomic E-state index is 4.49. The van der Waals surface area contributed by atoms with Gasteiger partial charge in [0.05, 0.1) is 12.2 Å². The summed E-state index contributed by atoms with van der Waals surface area (Å²) in [6, 6.07) is 4.03. The van der Waals surface area contributed by atoms with Gasteiger partial charge in [0.2, 0.25) is 0 Å². The van der Waals surface area contributed by atoms with Gasteiger partial charge in [-0.15, -0.1) is 0 Å². The van der Waals surface area contributed by atoms with E-state index in [9.17, 15) is 0 Å². The zero-order chi connectivity index (χ0) is 12.3. The number of rotatable bonds is 2. The summed E-state index contributed by atoms with van der Waals surface area (Å²) in [6.07, 6.45) is 1.82. The number of guanidine groups is 1. The van der Waals surface area contributed by atoms with Crippen molar-refractivity contribution in [3.05, 3.63) is 29.6 Å². The predicted octanol–water partition coefficient (Wildman–Crippen LogP) is 1.47. The van der Waals surface area contributed by atoms with E-state index in [0.717, 1.165) is 31.3 Å².